The molecular weight excluding hydrogens is 226 g/mol. The van der Waals surface area contributed by atoms with Gasteiger partial charge >= 0.3 is 0 Å². The molecule has 0 saturated carbocycles. The molecule has 1 aliphatic rings. The summed E-state index contributed by atoms with van der Waals surface area (Å²) in [5.41, 5.74) is 0.0904. The molecule has 1 aliphatic heterocycles. The smallest absolute Gasteiger partial charge is 0.137 e. The third kappa shape index (κ3) is 2.03. The van der Waals surface area contributed by atoms with Gasteiger partial charge in [-0.2, -0.15) is 0 Å². The highest BCUT2D eigenvalue weighted by molar-refractivity contribution is 6.32. The lowest BCUT2D eigenvalue weighted by molar-refractivity contribution is 0.0488. The predicted molar refractivity (Wildman–Crippen MR) is 64.0 cm³/mol. The summed E-state index contributed by atoms with van der Waals surface area (Å²) in [6.07, 6.45) is 0.742. The van der Waals surface area contributed by atoms with E-state index in [2.05, 4.69) is 4.90 Å². The number of likely N-dealkylation sites (N-methyl/N-ethyl adjacent to an activating group) is 1. The van der Waals surface area contributed by atoms with Crippen LogP contribution in [0.25, 0.3) is 0 Å². The van der Waals surface area contributed by atoms with Gasteiger partial charge < -0.3 is 14.7 Å². The van der Waals surface area contributed by atoms with Crippen LogP contribution in [0.3, 0.4) is 0 Å². The van der Waals surface area contributed by atoms with Crippen LogP contribution in [0.4, 0.5) is 0 Å². The number of β-amino-alcohol motifs (C(OH)–C–C–N with tert-alkyl or cyclic N) is 1. The Hall–Kier alpha value is -0.770. The SMILES string of the molecule is COc1ccc(C2(O)CCN(C)C2)cc1Cl. The van der Waals surface area contributed by atoms with E-state index in [0.29, 0.717) is 17.3 Å². The Morgan fingerprint density at radius 3 is 2.75 bits per heavy atom. The standard InChI is InChI=1S/C12H16ClNO2/c1-14-6-5-12(15,8-14)9-3-4-11(16-2)10(13)7-9/h3-4,7,15H,5-6,8H2,1-2H3. The summed E-state index contributed by atoms with van der Waals surface area (Å²) in [5, 5.41) is 11.0. The van der Waals surface area contributed by atoms with Crippen molar-refractivity contribution in [1.82, 2.24) is 4.90 Å². The van der Waals surface area contributed by atoms with Crippen molar-refractivity contribution in [2.45, 2.75) is 12.0 Å². The van der Waals surface area contributed by atoms with E-state index in [0.717, 1.165) is 18.5 Å². The summed E-state index contributed by atoms with van der Waals surface area (Å²) in [7, 11) is 3.59. The van der Waals surface area contributed by atoms with Crippen molar-refractivity contribution in [3.63, 3.8) is 0 Å². The van der Waals surface area contributed by atoms with Gasteiger partial charge in [0.25, 0.3) is 0 Å². The van der Waals surface area contributed by atoms with E-state index in [1.807, 2.05) is 13.1 Å². The van der Waals surface area contributed by atoms with Crippen molar-refractivity contribution < 1.29 is 9.84 Å². The van der Waals surface area contributed by atoms with Gasteiger partial charge in [0.15, 0.2) is 0 Å². The molecule has 16 heavy (non-hydrogen) atoms. The second kappa shape index (κ2) is 4.24. The third-order valence-electron chi connectivity index (χ3n) is 3.13. The van der Waals surface area contributed by atoms with Gasteiger partial charge in [-0.15, -0.1) is 0 Å². The molecule has 1 heterocycles. The Kier molecular flexibility index (Phi) is 3.10. The first kappa shape index (κ1) is 11.7. The van der Waals surface area contributed by atoms with Gasteiger partial charge in [-0.3, -0.25) is 0 Å². The number of rotatable bonds is 2. The molecule has 0 radical (unpaired) electrons. The summed E-state index contributed by atoms with van der Waals surface area (Å²) in [6, 6.07) is 5.47. The predicted octanol–water partition coefficient (Wildman–Crippen LogP) is 1.87. The molecule has 0 aliphatic carbocycles. The molecule has 1 N–H and O–H groups in total. The van der Waals surface area contributed by atoms with E-state index in [1.54, 1.807) is 19.2 Å². The second-order valence-electron chi connectivity index (χ2n) is 4.37. The lowest BCUT2D eigenvalue weighted by atomic mass is 9.93. The van der Waals surface area contributed by atoms with Crippen molar-refractivity contribution in [3.8, 4) is 5.75 Å². The molecule has 1 fully saturated rings. The maximum Gasteiger partial charge on any atom is 0.137 e. The minimum absolute atomic E-state index is 0.544. The molecule has 0 bridgehead atoms. The summed E-state index contributed by atoms with van der Waals surface area (Å²) in [6.45, 7) is 1.55. The van der Waals surface area contributed by atoms with E-state index >= 15 is 0 Å². The Labute approximate surface area is 101 Å². The third-order valence-corrected chi connectivity index (χ3v) is 3.42. The van der Waals surface area contributed by atoms with Crippen LogP contribution in [-0.4, -0.2) is 37.3 Å². The number of likely N-dealkylation sites (tertiary alicyclic amines) is 1. The Morgan fingerprint density at radius 1 is 1.50 bits per heavy atom. The van der Waals surface area contributed by atoms with Crippen molar-refractivity contribution in [3.05, 3.63) is 28.8 Å². The molecule has 0 spiro atoms. The van der Waals surface area contributed by atoms with Crippen LogP contribution in [0.1, 0.15) is 12.0 Å². The van der Waals surface area contributed by atoms with Gasteiger partial charge in [-0.05, 0) is 31.2 Å². The van der Waals surface area contributed by atoms with Crippen molar-refractivity contribution in [2.75, 3.05) is 27.2 Å². The number of halogens is 1. The number of methoxy groups -OCH3 is 1. The maximum atomic E-state index is 10.5. The zero-order chi connectivity index (χ0) is 11.8. The molecule has 3 nitrogen and oxygen atoms in total. The molecule has 2 rings (SSSR count). The molecule has 1 saturated heterocycles. The quantitative estimate of drug-likeness (QED) is 0.858. The highest BCUT2D eigenvalue weighted by Gasteiger charge is 2.36. The Balaban J connectivity index is 2.31. The zero-order valence-electron chi connectivity index (χ0n) is 9.53. The summed E-state index contributed by atoms with van der Waals surface area (Å²) in [4.78, 5) is 2.11. The first-order valence-corrected chi connectivity index (χ1v) is 5.68. The number of ether oxygens (including phenoxy) is 1. The zero-order valence-corrected chi connectivity index (χ0v) is 10.3. The molecule has 1 unspecified atom stereocenters. The number of aliphatic hydroxyl groups is 1. The van der Waals surface area contributed by atoms with E-state index < -0.39 is 5.60 Å². The van der Waals surface area contributed by atoms with Gasteiger partial charge in [0.2, 0.25) is 0 Å². The molecule has 0 aromatic heterocycles. The van der Waals surface area contributed by atoms with E-state index in [1.165, 1.54) is 0 Å². The molecule has 1 atom stereocenters. The topological polar surface area (TPSA) is 32.7 Å². The van der Waals surface area contributed by atoms with Crippen LogP contribution in [0.15, 0.2) is 18.2 Å². The average molecular weight is 242 g/mol. The second-order valence-corrected chi connectivity index (χ2v) is 4.78. The van der Waals surface area contributed by atoms with Crippen LogP contribution in [0.2, 0.25) is 5.02 Å². The van der Waals surface area contributed by atoms with Gasteiger partial charge in [0.1, 0.15) is 11.4 Å². The fourth-order valence-corrected chi connectivity index (χ4v) is 2.43. The van der Waals surface area contributed by atoms with Gasteiger partial charge in [0.05, 0.1) is 12.1 Å². The molecule has 0 amide bonds. The van der Waals surface area contributed by atoms with Crippen LogP contribution in [0.5, 0.6) is 5.75 Å². The van der Waals surface area contributed by atoms with E-state index in [9.17, 15) is 5.11 Å². The van der Waals surface area contributed by atoms with Crippen LogP contribution >= 0.6 is 11.6 Å². The molecule has 4 heteroatoms. The van der Waals surface area contributed by atoms with Crippen LogP contribution < -0.4 is 4.74 Å². The summed E-state index contributed by atoms with van der Waals surface area (Å²) in [5.74, 6) is 0.639. The van der Waals surface area contributed by atoms with Gasteiger partial charge in [-0.25, -0.2) is 0 Å². The molecular formula is C12H16ClNO2. The summed E-state index contributed by atoms with van der Waals surface area (Å²) >= 11 is 6.06. The van der Waals surface area contributed by atoms with Crippen molar-refractivity contribution >= 4 is 11.6 Å². The van der Waals surface area contributed by atoms with Crippen molar-refractivity contribution in [2.24, 2.45) is 0 Å². The molecule has 1 aromatic rings. The Bertz CT molecular complexity index is 397. The largest absolute Gasteiger partial charge is 0.495 e. The maximum absolute atomic E-state index is 10.5. The molecule has 88 valence electrons. The number of nitrogens with zero attached hydrogens (tertiary/aromatic N) is 1. The first-order valence-electron chi connectivity index (χ1n) is 5.30. The van der Waals surface area contributed by atoms with Gasteiger partial charge in [-0.1, -0.05) is 17.7 Å². The lowest BCUT2D eigenvalue weighted by Crippen LogP contribution is -2.29. The minimum Gasteiger partial charge on any atom is -0.495 e. The van der Waals surface area contributed by atoms with Gasteiger partial charge in [0, 0.05) is 13.1 Å². The normalized spacial score (nSPS) is 26.0. The lowest BCUT2D eigenvalue weighted by Gasteiger charge is -2.23. The highest BCUT2D eigenvalue weighted by Crippen LogP contribution is 2.35. The number of benzene rings is 1. The summed E-state index contributed by atoms with van der Waals surface area (Å²) < 4.78 is 5.09. The number of hydrogen-bond acceptors (Lipinski definition) is 3. The van der Waals surface area contributed by atoms with Crippen LogP contribution in [0, 0.1) is 0 Å². The average Bonchev–Trinajstić information content (AvgIpc) is 2.60. The first-order chi connectivity index (χ1) is 7.55. The monoisotopic (exact) mass is 241 g/mol. The number of hydrogen-bond donors (Lipinski definition) is 1. The molecule has 1 aromatic carbocycles. The van der Waals surface area contributed by atoms with E-state index in [-0.39, 0.29) is 0 Å². The minimum atomic E-state index is -0.773. The van der Waals surface area contributed by atoms with Crippen molar-refractivity contribution in [1.29, 1.82) is 0 Å². The Morgan fingerprint density at radius 2 is 2.25 bits per heavy atom. The fraction of sp³-hybridized carbons (Fsp3) is 0.500. The van der Waals surface area contributed by atoms with Crippen LogP contribution in [-0.2, 0) is 5.60 Å². The fourth-order valence-electron chi connectivity index (χ4n) is 2.17. The van der Waals surface area contributed by atoms with E-state index in [4.69, 9.17) is 16.3 Å². The highest BCUT2D eigenvalue weighted by atomic mass is 35.5.